The molecule has 1 heterocycles. The predicted molar refractivity (Wildman–Crippen MR) is 107 cm³/mol. The van der Waals surface area contributed by atoms with E-state index >= 15 is 0 Å². The topological polar surface area (TPSA) is 66.2 Å². The fraction of sp³-hybridized carbons (Fsp3) is 0.438. The number of halogens is 2. The molecule has 22 heavy (non-hydrogen) atoms. The lowest BCUT2D eigenvalue weighted by molar-refractivity contribution is 0.326. The summed E-state index contributed by atoms with van der Waals surface area (Å²) in [5.74, 6) is 1.33. The van der Waals surface area contributed by atoms with Crippen LogP contribution in [0.4, 0.5) is 0 Å². The lowest BCUT2D eigenvalue weighted by Gasteiger charge is -2.23. The maximum atomic E-state index is 5.90. The van der Waals surface area contributed by atoms with Crippen molar-refractivity contribution < 1.29 is 0 Å². The van der Waals surface area contributed by atoms with Gasteiger partial charge in [0, 0.05) is 34.7 Å². The molecule has 4 N–H and O–H groups in total. The Bertz CT molecular complexity index is 649. The van der Waals surface area contributed by atoms with Crippen LogP contribution in [-0.4, -0.2) is 24.0 Å². The first-order valence-electron chi connectivity index (χ1n) is 7.52. The van der Waals surface area contributed by atoms with Gasteiger partial charge in [-0.3, -0.25) is 4.99 Å². The van der Waals surface area contributed by atoms with E-state index in [-0.39, 0.29) is 24.0 Å². The van der Waals surface area contributed by atoms with Gasteiger partial charge in [-0.2, -0.15) is 0 Å². The molecular formula is C16H22BrIN4. The van der Waals surface area contributed by atoms with Crippen LogP contribution in [0.5, 0.6) is 0 Å². The van der Waals surface area contributed by atoms with Gasteiger partial charge < -0.3 is 16.0 Å². The van der Waals surface area contributed by atoms with Crippen molar-refractivity contribution in [1.82, 2.24) is 10.3 Å². The summed E-state index contributed by atoms with van der Waals surface area (Å²) in [4.78, 5) is 7.71. The van der Waals surface area contributed by atoms with Crippen LogP contribution in [0.2, 0.25) is 0 Å². The number of hydrogen-bond donors (Lipinski definition) is 3. The molecule has 1 fully saturated rings. The first-order chi connectivity index (χ1) is 10.2. The van der Waals surface area contributed by atoms with Crippen molar-refractivity contribution in [2.24, 2.45) is 16.6 Å². The van der Waals surface area contributed by atoms with Crippen LogP contribution in [0.15, 0.2) is 33.9 Å². The second kappa shape index (κ2) is 8.19. The molecule has 0 spiro atoms. The number of nitrogens with one attached hydrogen (secondary N) is 2. The van der Waals surface area contributed by atoms with Gasteiger partial charge in [0.05, 0.1) is 0 Å². The second-order valence-corrected chi connectivity index (χ2v) is 6.53. The van der Waals surface area contributed by atoms with Crippen molar-refractivity contribution in [3.05, 3.63) is 34.4 Å². The molecule has 1 aliphatic rings. The number of H-pyrrole nitrogens is 1. The minimum atomic E-state index is 0. The maximum absolute atomic E-state index is 5.90. The van der Waals surface area contributed by atoms with Crippen LogP contribution < -0.4 is 11.1 Å². The van der Waals surface area contributed by atoms with E-state index in [0.717, 1.165) is 35.4 Å². The van der Waals surface area contributed by atoms with E-state index in [1.165, 1.54) is 30.2 Å². The number of aliphatic imine (C=N–C) groups is 1. The molecule has 120 valence electrons. The third-order valence-electron chi connectivity index (χ3n) is 4.18. The highest BCUT2D eigenvalue weighted by molar-refractivity contribution is 14.0. The average molecular weight is 477 g/mol. The molecule has 0 bridgehead atoms. The largest absolute Gasteiger partial charge is 0.370 e. The van der Waals surface area contributed by atoms with Gasteiger partial charge in [0.1, 0.15) is 0 Å². The van der Waals surface area contributed by atoms with E-state index in [2.05, 4.69) is 49.6 Å². The predicted octanol–water partition coefficient (Wildman–Crippen LogP) is 3.80. The Kier molecular flexibility index (Phi) is 6.55. The summed E-state index contributed by atoms with van der Waals surface area (Å²) < 4.78 is 1.13. The van der Waals surface area contributed by atoms with Crippen LogP contribution in [0.3, 0.4) is 0 Å². The summed E-state index contributed by atoms with van der Waals surface area (Å²) in [6, 6.07) is 6.20. The second-order valence-electron chi connectivity index (χ2n) is 5.68. The van der Waals surface area contributed by atoms with Gasteiger partial charge in [-0.25, -0.2) is 0 Å². The molecule has 1 aromatic heterocycles. The lowest BCUT2D eigenvalue weighted by atomic mass is 9.86. The van der Waals surface area contributed by atoms with Gasteiger partial charge in [0.2, 0.25) is 0 Å². The summed E-state index contributed by atoms with van der Waals surface area (Å²) in [6.07, 6.45) is 6.95. The van der Waals surface area contributed by atoms with E-state index < -0.39 is 0 Å². The number of nitrogens with two attached hydrogens (primary N) is 1. The zero-order valence-electron chi connectivity index (χ0n) is 12.4. The average Bonchev–Trinajstić information content (AvgIpc) is 2.82. The van der Waals surface area contributed by atoms with E-state index in [1.54, 1.807) is 0 Å². The normalized spacial score (nSPS) is 15.4. The molecule has 0 atom stereocenters. The SMILES string of the molecule is I.NC(=NCC1CCC1)NCCc1c[nH]c2cccc(Br)c12. The molecule has 0 unspecified atom stereocenters. The quantitative estimate of drug-likeness (QED) is 0.349. The highest BCUT2D eigenvalue weighted by Gasteiger charge is 2.16. The Morgan fingerprint density at radius 2 is 2.23 bits per heavy atom. The molecule has 3 rings (SSSR count). The third kappa shape index (κ3) is 4.16. The lowest BCUT2D eigenvalue weighted by Crippen LogP contribution is -2.34. The number of guanidine groups is 1. The number of fused-ring (bicyclic) bond motifs is 1. The van der Waals surface area contributed by atoms with E-state index in [9.17, 15) is 0 Å². The Morgan fingerprint density at radius 3 is 2.95 bits per heavy atom. The van der Waals surface area contributed by atoms with Crippen LogP contribution in [0, 0.1) is 5.92 Å². The summed E-state index contributed by atoms with van der Waals surface area (Å²) in [5, 5.41) is 4.46. The van der Waals surface area contributed by atoms with Crippen LogP contribution in [-0.2, 0) is 6.42 Å². The Hall–Kier alpha value is -0.760. The molecular weight excluding hydrogens is 455 g/mol. The highest BCUT2D eigenvalue weighted by Crippen LogP contribution is 2.27. The van der Waals surface area contributed by atoms with Crippen LogP contribution in [0.1, 0.15) is 24.8 Å². The highest BCUT2D eigenvalue weighted by atomic mass is 127. The van der Waals surface area contributed by atoms with E-state index in [4.69, 9.17) is 5.73 Å². The van der Waals surface area contributed by atoms with Crippen molar-refractivity contribution in [3.8, 4) is 0 Å². The van der Waals surface area contributed by atoms with Gasteiger partial charge in [-0.15, -0.1) is 24.0 Å². The number of aromatic nitrogens is 1. The zero-order valence-corrected chi connectivity index (χ0v) is 16.4. The first kappa shape index (κ1) is 17.6. The van der Waals surface area contributed by atoms with Crippen molar-refractivity contribution in [3.63, 3.8) is 0 Å². The Balaban J connectivity index is 0.00000176. The fourth-order valence-corrected chi connectivity index (χ4v) is 3.31. The number of rotatable bonds is 5. The first-order valence-corrected chi connectivity index (χ1v) is 8.31. The van der Waals surface area contributed by atoms with Crippen molar-refractivity contribution in [1.29, 1.82) is 0 Å². The molecule has 6 heteroatoms. The smallest absolute Gasteiger partial charge is 0.188 e. The third-order valence-corrected chi connectivity index (χ3v) is 4.84. The van der Waals surface area contributed by atoms with Crippen LogP contribution >= 0.6 is 39.9 Å². The molecule has 0 amide bonds. The summed E-state index contributed by atoms with van der Waals surface area (Å²) in [5.41, 5.74) is 8.35. The standard InChI is InChI=1S/C16H21BrN4.HI/c17-13-5-2-6-14-15(13)12(10-20-14)7-8-19-16(18)21-9-11-3-1-4-11;/h2,5-6,10-11,20H,1,3-4,7-9H2,(H3,18,19,21);1H. The fourth-order valence-electron chi connectivity index (χ4n) is 2.69. The molecule has 0 radical (unpaired) electrons. The molecule has 0 saturated heterocycles. The maximum Gasteiger partial charge on any atom is 0.188 e. The molecule has 0 aliphatic heterocycles. The monoisotopic (exact) mass is 476 g/mol. The number of aromatic amines is 1. The minimum Gasteiger partial charge on any atom is -0.370 e. The van der Waals surface area contributed by atoms with Crippen molar-refractivity contribution in [2.75, 3.05) is 13.1 Å². The number of nitrogens with zero attached hydrogens (tertiary/aromatic N) is 1. The van der Waals surface area contributed by atoms with E-state index in [1.807, 2.05) is 6.07 Å². The van der Waals surface area contributed by atoms with Crippen molar-refractivity contribution in [2.45, 2.75) is 25.7 Å². The summed E-state index contributed by atoms with van der Waals surface area (Å²) in [7, 11) is 0. The molecule has 1 aliphatic carbocycles. The summed E-state index contributed by atoms with van der Waals surface area (Å²) in [6.45, 7) is 1.67. The minimum absolute atomic E-state index is 0. The molecule has 1 aromatic carbocycles. The molecule has 4 nitrogen and oxygen atoms in total. The summed E-state index contributed by atoms with van der Waals surface area (Å²) >= 11 is 3.61. The van der Waals surface area contributed by atoms with Gasteiger partial charge >= 0.3 is 0 Å². The van der Waals surface area contributed by atoms with Crippen LogP contribution in [0.25, 0.3) is 10.9 Å². The number of hydrogen-bond acceptors (Lipinski definition) is 1. The van der Waals surface area contributed by atoms with E-state index in [0.29, 0.717) is 5.96 Å². The zero-order chi connectivity index (χ0) is 14.7. The Morgan fingerprint density at radius 1 is 1.41 bits per heavy atom. The molecule has 1 saturated carbocycles. The van der Waals surface area contributed by atoms with Gasteiger partial charge in [0.15, 0.2) is 5.96 Å². The molecule has 2 aromatic rings. The Labute approximate surface area is 156 Å². The number of benzene rings is 1. The van der Waals surface area contributed by atoms with Crippen molar-refractivity contribution >= 4 is 56.8 Å². The van der Waals surface area contributed by atoms with Gasteiger partial charge in [-0.1, -0.05) is 28.4 Å². The van der Waals surface area contributed by atoms with Gasteiger partial charge in [0.25, 0.3) is 0 Å². The van der Waals surface area contributed by atoms with Gasteiger partial charge in [-0.05, 0) is 42.9 Å².